The predicted molar refractivity (Wildman–Crippen MR) is 317 cm³/mol. The molecule has 0 spiro atoms. The van der Waals surface area contributed by atoms with Gasteiger partial charge in [-0.3, -0.25) is 19.2 Å². The van der Waals surface area contributed by atoms with Gasteiger partial charge in [-0.25, -0.2) is 22.3 Å². The van der Waals surface area contributed by atoms with Gasteiger partial charge in [0, 0.05) is 43.7 Å². The molecule has 0 aliphatic rings. The van der Waals surface area contributed by atoms with E-state index in [-0.39, 0.29) is 75.1 Å². The average Bonchev–Trinajstić information content (AvgIpc) is 3.33. The van der Waals surface area contributed by atoms with E-state index in [1.54, 1.807) is 62.3 Å². The van der Waals surface area contributed by atoms with Gasteiger partial charge in [-0.2, -0.15) is 11.8 Å². The topological polar surface area (TPSA) is 198 Å². The molecular weight excluding hydrogens is 1030 g/mol. The molecule has 0 heterocycles. The summed E-state index contributed by atoms with van der Waals surface area (Å²) in [6.07, 6.45) is 30.6. The van der Waals surface area contributed by atoms with Gasteiger partial charge in [-0.15, -0.1) is 0 Å². The highest BCUT2D eigenvalue weighted by Gasteiger charge is 2.32. The summed E-state index contributed by atoms with van der Waals surface area (Å²) in [6, 6.07) is -1.08. The Balaban J connectivity index is 5.42. The highest BCUT2D eigenvalue weighted by atomic mass is 32.2. The second-order valence-electron chi connectivity index (χ2n) is 24.3. The fourth-order valence-electron chi connectivity index (χ4n) is 8.60. The molecule has 15 nitrogen and oxygen atoms in total. The number of hydrogen-bond acceptors (Lipinski definition) is 14. The van der Waals surface area contributed by atoms with Crippen LogP contribution in [0.25, 0.3) is 0 Å². The van der Waals surface area contributed by atoms with Gasteiger partial charge in [0.15, 0.2) is 0 Å². The van der Waals surface area contributed by atoms with Crippen LogP contribution in [-0.2, 0) is 57.7 Å². The van der Waals surface area contributed by atoms with Gasteiger partial charge in [0.05, 0.1) is 5.75 Å². The van der Waals surface area contributed by atoms with Crippen molar-refractivity contribution in [3.8, 4) is 0 Å². The Hall–Kier alpha value is -3.08. The molecule has 0 bridgehead atoms. The largest absolute Gasteiger partial charge is 0.462 e. The van der Waals surface area contributed by atoms with Crippen molar-refractivity contribution < 1.29 is 60.9 Å². The van der Waals surface area contributed by atoms with Gasteiger partial charge in [-0.1, -0.05) is 174 Å². The van der Waals surface area contributed by atoms with E-state index in [1.807, 2.05) is 0 Å². The lowest BCUT2D eigenvalue weighted by Gasteiger charge is -2.27. The SMILES string of the molecule is CCCCCCCCCCCCCCCC(=O)OCC(CSCCS(=O)(=O)N(CCCCCC(=O)NC(CCC(=O)OC(C)(C)C)C(=O)OC(C)(C)C)C(=O)OC(C)(C)C)OC(=O)CCCCCCCCCCCCCCC. The highest BCUT2D eigenvalue weighted by molar-refractivity contribution is 8.00. The van der Waals surface area contributed by atoms with Crippen molar-refractivity contribution in [2.24, 2.45) is 0 Å². The number of ether oxygens (including phenoxy) is 5. The first-order valence-corrected chi connectivity index (χ1v) is 33.4. The average molecular weight is 1150 g/mol. The number of rotatable bonds is 48. The van der Waals surface area contributed by atoms with Crippen LogP contribution in [0, 0.1) is 0 Å². The number of carbonyl (C=O) groups excluding carboxylic acids is 6. The van der Waals surface area contributed by atoms with Crippen LogP contribution in [0.1, 0.15) is 294 Å². The third-order valence-corrected chi connectivity index (χ3v) is 15.9. The fraction of sp³-hybridized carbons (Fsp3) is 0.902. The van der Waals surface area contributed by atoms with E-state index in [0.717, 1.165) is 49.3 Å². The molecule has 2 amide bonds. The van der Waals surface area contributed by atoms with Crippen LogP contribution in [0.5, 0.6) is 0 Å². The van der Waals surface area contributed by atoms with Crippen molar-refractivity contribution in [2.75, 3.05) is 30.4 Å². The van der Waals surface area contributed by atoms with Gasteiger partial charge in [0.2, 0.25) is 15.9 Å². The van der Waals surface area contributed by atoms with E-state index in [2.05, 4.69) is 19.2 Å². The number of amides is 2. The molecule has 17 heteroatoms. The lowest BCUT2D eigenvalue weighted by molar-refractivity contribution is -0.160. The number of unbranched alkanes of at least 4 members (excludes halogenated alkanes) is 26. The van der Waals surface area contributed by atoms with Gasteiger partial charge < -0.3 is 29.0 Å². The van der Waals surface area contributed by atoms with Crippen molar-refractivity contribution in [3.63, 3.8) is 0 Å². The molecule has 0 aromatic carbocycles. The molecule has 0 aromatic heterocycles. The third-order valence-electron chi connectivity index (χ3n) is 12.8. The quantitative estimate of drug-likeness (QED) is 0.0343. The lowest BCUT2D eigenvalue weighted by Crippen LogP contribution is -2.44. The molecule has 2 unspecified atom stereocenters. The summed E-state index contributed by atoms with van der Waals surface area (Å²) in [5.74, 6) is -2.52. The maximum absolute atomic E-state index is 13.8. The van der Waals surface area contributed by atoms with Crippen LogP contribution < -0.4 is 5.32 Å². The standard InChI is InChI=1S/C61H114N2O13S2/c1-12-14-16-18-20-22-24-26-28-30-32-34-38-42-54(65)72-49-51(73-55(66)43-39-35-33-31-29-27-25-23-21-19-17-15-13-2)50-77-47-48-78(70,71)63(58(69)76-61(9,10)11)46-40-36-37-41-53(64)62-52(57(68)75-60(6,7)8)44-45-56(67)74-59(3,4)5/h51-52H,12-50H2,1-11H3,(H,62,64). The van der Waals surface area contributed by atoms with Crippen molar-refractivity contribution in [1.29, 1.82) is 0 Å². The molecule has 78 heavy (non-hydrogen) atoms. The van der Waals surface area contributed by atoms with E-state index < -0.39 is 68.7 Å². The van der Waals surface area contributed by atoms with E-state index in [0.29, 0.717) is 19.3 Å². The van der Waals surface area contributed by atoms with Gasteiger partial charge in [0.1, 0.15) is 35.6 Å². The van der Waals surface area contributed by atoms with E-state index in [1.165, 1.54) is 127 Å². The maximum Gasteiger partial charge on any atom is 0.424 e. The Labute approximate surface area is 479 Å². The molecule has 0 radical (unpaired) electrons. The summed E-state index contributed by atoms with van der Waals surface area (Å²) >= 11 is 1.23. The number of thioether (sulfide) groups is 1. The molecule has 0 aliphatic carbocycles. The smallest absolute Gasteiger partial charge is 0.424 e. The number of hydrogen-bond donors (Lipinski definition) is 1. The minimum absolute atomic E-state index is 0.00144. The Morgan fingerprint density at radius 2 is 0.897 bits per heavy atom. The second-order valence-corrected chi connectivity index (χ2v) is 27.5. The van der Waals surface area contributed by atoms with Gasteiger partial charge in [0.25, 0.3) is 0 Å². The second kappa shape index (κ2) is 44.6. The first kappa shape index (κ1) is 74.9. The summed E-state index contributed by atoms with van der Waals surface area (Å²) in [7, 11) is -4.19. The number of carbonyl (C=O) groups is 6. The Bertz CT molecular complexity index is 1720. The van der Waals surface area contributed by atoms with E-state index in [4.69, 9.17) is 23.7 Å². The zero-order valence-electron chi connectivity index (χ0n) is 51.3. The molecule has 1 N–H and O–H groups in total. The lowest BCUT2D eigenvalue weighted by atomic mass is 10.0. The predicted octanol–water partition coefficient (Wildman–Crippen LogP) is 15.2. The Kier molecular flexibility index (Phi) is 42.8. The first-order valence-electron chi connectivity index (χ1n) is 30.7. The highest BCUT2D eigenvalue weighted by Crippen LogP contribution is 2.20. The first-order chi connectivity index (χ1) is 36.8. The van der Waals surface area contributed by atoms with Crippen molar-refractivity contribution in [3.05, 3.63) is 0 Å². The minimum atomic E-state index is -4.19. The summed E-state index contributed by atoms with van der Waals surface area (Å²) in [6.45, 7) is 19.4. The number of sulfonamides is 1. The Morgan fingerprint density at radius 1 is 0.487 bits per heavy atom. The molecule has 0 saturated heterocycles. The van der Waals surface area contributed by atoms with Crippen LogP contribution in [0.4, 0.5) is 4.79 Å². The maximum atomic E-state index is 13.8. The van der Waals surface area contributed by atoms with Crippen LogP contribution in [0.2, 0.25) is 0 Å². The molecule has 0 aliphatic heterocycles. The summed E-state index contributed by atoms with van der Waals surface area (Å²) < 4.78 is 56.2. The van der Waals surface area contributed by atoms with Crippen molar-refractivity contribution in [2.45, 2.75) is 323 Å². The third kappa shape index (κ3) is 46.6. The molecule has 2 atom stereocenters. The summed E-state index contributed by atoms with van der Waals surface area (Å²) in [5.41, 5.74) is -2.51. The van der Waals surface area contributed by atoms with Crippen molar-refractivity contribution in [1.82, 2.24) is 9.62 Å². The zero-order chi connectivity index (χ0) is 58.7. The monoisotopic (exact) mass is 1150 g/mol. The molecule has 0 fully saturated rings. The minimum Gasteiger partial charge on any atom is -0.462 e. The van der Waals surface area contributed by atoms with Crippen LogP contribution in [0.3, 0.4) is 0 Å². The fourth-order valence-corrected chi connectivity index (χ4v) is 11.4. The van der Waals surface area contributed by atoms with Gasteiger partial charge in [-0.05, 0) is 94.4 Å². The van der Waals surface area contributed by atoms with E-state index >= 15 is 0 Å². The van der Waals surface area contributed by atoms with Crippen LogP contribution >= 0.6 is 11.8 Å². The Morgan fingerprint density at radius 3 is 1.35 bits per heavy atom. The number of esters is 4. The summed E-state index contributed by atoms with van der Waals surface area (Å²) in [4.78, 5) is 77.8. The molecule has 0 saturated carbocycles. The number of nitrogens with zero attached hydrogens (tertiary/aromatic N) is 1. The number of nitrogens with one attached hydrogen (secondary N) is 1. The molecule has 0 rings (SSSR count). The summed E-state index contributed by atoms with van der Waals surface area (Å²) in [5, 5.41) is 2.68. The van der Waals surface area contributed by atoms with E-state index in [9.17, 15) is 37.2 Å². The molecule has 458 valence electrons. The zero-order valence-corrected chi connectivity index (χ0v) is 52.9. The van der Waals surface area contributed by atoms with Crippen molar-refractivity contribution >= 4 is 57.7 Å². The molecule has 0 aromatic rings. The van der Waals surface area contributed by atoms with Crippen LogP contribution in [-0.4, -0.2) is 108 Å². The van der Waals surface area contributed by atoms with Crippen LogP contribution in [0.15, 0.2) is 0 Å². The normalized spacial score (nSPS) is 12.9. The van der Waals surface area contributed by atoms with Gasteiger partial charge >= 0.3 is 30.0 Å². The molecular formula is C61H114N2O13S2.